The van der Waals surface area contributed by atoms with Gasteiger partial charge >= 0.3 is 0 Å². The standard InChI is InChI=1S/C24H29F3/c1-2-3-4-18-15-23(26)22(24(27)16-18)14-7-17-5-8-19(9-6-17)20-10-12-21(25)13-11-20/h12,15-17,19-20H,2-6,8-11,13H2,1H3/t17-,19-,20?. The summed E-state index contributed by atoms with van der Waals surface area (Å²) < 4.78 is 41.7. The van der Waals surface area contributed by atoms with Crippen molar-refractivity contribution < 1.29 is 13.2 Å². The first-order valence-electron chi connectivity index (χ1n) is 10.4. The third-order valence-corrected chi connectivity index (χ3v) is 6.16. The summed E-state index contributed by atoms with van der Waals surface area (Å²) in [6, 6.07) is 2.85. The molecule has 1 fully saturated rings. The Bertz CT molecular complexity index is 707. The van der Waals surface area contributed by atoms with Gasteiger partial charge in [-0.2, -0.15) is 0 Å². The predicted octanol–water partition coefficient (Wildman–Crippen LogP) is 7.12. The summed E-state index contributed by atoms with van der Waals surface area (Å²) in [4.78, 5) is 0. The predicted molar refractivity (Wildman–Crippen MR) is 104 cm³/mol. The van der Waals surface area contributed by atoms with Gasteiger partial charge in [0.05, 0.1) is 11.4 Å². The molecule has 0 N–H and O–H groups in total. The van der Waals surface area contributed by atoms with Crippen LogP contribution in [0.1, 0.15) is 75.8 Å². The number of halogens is 3. The van der Waals surface area contributed by atoms with E-state index in [1.165, 1.54) is 12.1 Å². The van der Waals surface area contributed by atoms with Gasteiger partial charge in [-0.25, -0.2) is 13.2 Å². The van der Waals surface area contributed by atoms with Gasteiger partial charge in [-0.15, -0.1) is 0 Å². The van der Waals surface area contributed by atoms with E-state index < -0.39 is 11.6 Å². The molecule has 146 valence electrons. The summed E-state index contributed by atoms with van der Waals surface area (Å²) in [7, 11) is 0. The molecule has 0 saturated heterocycles. The number of aryl methyl sites for hydroxylation is 1. The molecule has 3 heteroatoms. The fourth-order valence-corrected chi connectivity index (χ4v) is 4.43. The lowest BCUT2D eigenvalue weighted by Crippen LogP contribution is -2.22. The van der Waals surface area contributed by atoms with Crippen LogP contribution in [0.2, 0.25) is 0 Å². The zero-order chi connectivity index (χ0) is 19.2. The van der Waals surface area contributed by atoms with Crippen molar-refractivity contribution in [1.29, 1.82) is 0 Å². The molecule has 1 atom stereocenters. The molecule has 2 aliphatic carbocycles. The largest absolute Gasteiger partial charge is 0.212 e. The van der Waals surface area contributed by atoms with Crippen molar-refractivity contribution in [3.63, 3.8) is 0 Å². The molecule has 0 bridgehead atoms. The van der Waals surface area contributed by atoms with Gasteiger partial charge < -0.3 is 0 Å². The van der Waals surface area contributed by atoms with Crippen LogP contribution in [0, 0.1) is 41.2 Å². The maximum atomic E-state index is 14.3. The summed E-state index contributed by atoms with van der Waals surface area (Å²) >= 11 is 0. The van der Waals surface area contributed by atoms with Gasteiger partial charge in [0, 0.05) is 5.92 Å². The number of hydrogen-bond acceptors (Lipinski definition) is 0. The highest BCUT2D eigenvalue weighted by atomic mass is 19.1. The second kappa shape index (κ2) is 9.49. The Morgan fingerprint density at radius 1 is 0.963 bits per heavy atom. The highest BCUT2D eigenvalue weighted by Crippen LogP contribution is 2.39. The van der Waals surface area contributed by atoms with Crippen molar-refractivity contribution in [2.24, 2.45) is 17.8 Å². The lowest BCUT2D eigenvalue weighted by molar-refractivity contribution is 0.208. The van der Waals surface area contributed by atoms with E-state index in [1.54, 1.807) is 6.08 Å². The molecule has 1 aromatic carbocycles. The number of allylic oxidation sites excluding steroid dienone is 2. The smallest absolute Gasteiger partial charge is 0.142 e. The maximum absolute atomic E-state index is 14.3. The van der Waals surface area contributed by atoms with E-state index >= 15 is 0 Å². The van der Waals surface area contributed by atoms with E-state index in [9.17, 15) is 13.2 Å². The van der Waals surface area contributed by atoms with E-state index in [0.29, 0.717) is 30.2 Å². The van der Waals surface area contributed by atoms with Crippen molar-refractivity contribution in [1.82, 2.24) is 0 Å². The molecule has 3 rings (SSSR count). The van der Waals surface area contributed by atoms with Gasteiger partial charge in [-0.3, -0.25) is 0 Å². The van der Waals surface area contributed by atoms with Gasteiger partial charge in [0.15, 0.2) is 0 Å². The maximum Gasteiger partial charge on any atom is 0.142 e. The molecule has 1 unspecified atom stereocenters. The third-order valence-electron chi connectivity index (χ3n) is 6.16. The van der Waals surface area contributed by atoms with E-state index in [0.717, 1.165) is 51.4 Å². The van der Waals surface area contributed by atoms with Crippen LogP contribution < -0.4 is 0 Å². The quantitative estimate of drug-likeness (QED) is 0.492. The van der Waals surface area contributed by atoms with E-state index in [1.807, 2.05) is 0 Å². The molecule has 27 heavy (non-hydrogen) atoms. The molecular formula is C24H29F3. The summed E-state index contributed by atoms with van der Waals surface area (Å²) in [5, 5.41) is 0. The topological polar surface area (TPSA) is 0 Å². The van der Waals surface area contributed by atoms with Crippen LogP contribution in [0.5, 0.6) is 0 Å². The number of unbranched alkanes of at least 4 members (excludes halogenated alkanes) is 1. The van der Waals surface area contributed by atoms with Crippen LogP contribution in [0.4, 0.5) is 13.2 Å². The van der Waals surface area contributed by atoms with E-state index in [-0.39, 0.29) is 17.3 Å². The normalized spacial score (nSPS) is 25.5. The van der Waals surface area contributed by atoms with Crippen LogP contribution in [0.15, 0.2) is 24.0 Å². The van der Waals surface area contributed by atoms with Crippen molar-refractivity contribution in [3.05, 3.63) is 46.8 Å². The minimum absolute atomic E-state index is 0.0376. The minimum Gasteiger partial charge on any atom is -0.212 e. The Hall–Kier alpha value is -1.69. The van der Waals surface area contributed by atoms with Crippen molar-refractivity contribution in [2.45, 2.75) is 71.1 Å². The number of benzene rings is 1. The molecule has 0 spiro atoms. The average molecular weight is 374 g/mol. The Balaban J connectivity index is 1.57. The second-order valence-corrected chi connectivity index (χ2v) is 8.10. The molecule has 1 saturated carbocycles. The van der Waals surface area contributed by atoms with Crippen LogP contribution in [-0.2, 0) is 6.42 Å². The van der Waals surface area contributed by atoms with Gasteiger partial charge in [0.2, 0.25) is 0 Å². The van der Waals surface area contributed by atoms with E-state index in [4.69, 9.17) is 0 Å². The van der Waals surface area contributed by atoms with Crippen LogP contribution in [-0.4, -0.2) is 0 Å². The first-order valence-corrected chi connectivity index (χ1v) is 10.4. The molecular weight excluding hydrogens is 345 g/mol. The Kier molecular flexibility index (Phi) is 7.05. The molecule has 1 aromatic rings. The molecule has 0 heterocycles. The van der Waals surface area contributed by atoms with Gasteiger partial charge in [-0.05, 0) is 87.3 Å². The minimum atomic E-state index is -0.543. The Morgan fingerprint density at radius 2 is 1.67 bits per heavy atom. The van der Waals surface area contributed by atoms with Crippen LogP contribution in [0.25, 0.3) is 0 Å². The molecule has 0 aromatic heterocycles. The number of hydrogen-bond donors (Lipinski definition) is 0. The van der Waals surface area contributed by atoms with Crippen molar-refractivity contribution in [3.8, 4) is 11.8 Å². The lowest BCUT2D eigenvalue weighted by Gasteiger charge is -2.33. The fraction of sp³-hybridized carbons (Fsp3) is 0.583. The van der Waals surface area contributed by atoms with Crippen LogP contribution >= 0.6 is 0 Å². The lowest BCUT2D eigenvalue weighted by atomic mass is 9.72. The first-order chi connectivity index (χ1) is 13.1. The SMILES string of the molecule is CCCCc1cc(F)c(C#C[C@H]2CC[C@H](C3CC=C(F)CC3)CC2)c(F)c1. The summed E-state index contributed by atoms with van der Waals surface area (Å²) in [6.07, 6.45) is 10.9. The third kappa shape index (κ3) is 5.41. The zero-order valence-electron chi connectivity index (χ0n) is 16.2. The zero-order valence-corrected chi connectivity index (χ0v) is 16.2. The summed E-state index contributed by atoms with van der Waals surface area (Å²) in [6.45, 7) is 2.06. The highest BCUT2D eigenvalue weighted by Gasteiger charge is 2.28. The monoisotopic (exact) mass is 374 g/mol. The number of rotatable bonds is 4. The summed E-state index contributed by atoms with van der Waals surface area (Å²) in [5.74, 6) is 6.27. The fourth-order valence-electron chi connectivity index (χ4n) is 4.43. The highest BCUT2D eigenvalue weighted by molar-refractivity contribution is 5.39. The van der Waals surface area contributed by atoms with Gasteiger partial charge in [0.25, 0.3) is 0 Å². The molecule has 0 nitrogen and oxygen atoms in total. The van der Waals surface area contributed by atoms with E-state index in [2.05, 4.69) is 18.8 Å². The summed E-state index contributed by atoms with van der Waals surface area (Å²) in [5.41, 5.74) is 0.612. The molecule has 2 aliphatic rings. The first kappa shape index (κ1) is 20.1. The van der Waals surface area contributed by atoms with Crippen molar-refractivity contribution >= 4 is 0 Å². The second-order valence-electron chi connectivity index (χ2n) is 8.10. The average Bonchev–Trinajstić information content (AvgIpc) is 2.67. The van der Waals surface area contributed by atoms with Crippen molar-refractivity contribution in [2.75, 3.05) is 0 Å². The molecule has 0 amide bonds. The van der Waals surface area contributed by atoms with Crippen LogP contribution in [0.3, 0.4) is 0 Å². The Labute approximate surface area is 161 Å². The molecule has 0 radical (unpaired) electrons. The van der Waals surface area contributed by atoms with Gasteiger partial charge in [0.1, 0.15) is 11.6 Å². The van der Waals surface area contributed by atoms with Gasteiger partial charge in [-0.1, -0.05) is 31.3 Å². The molecule has 0 aliphatic heterocycles. The Morgan fingerprint density at radius 3 is 2.26 bits per heavy atom.